The summed E-state index contributed by atoms with van der Waals surface area (Å²) in [5.74, 6) is 1.12. The molecule has 252 valence electrons. The zero-order valence-corrected chi connectivity index (χ0v) is 29.2. The molecule has 2 saturated heterocycles. The quantitative estimate of drug-likeness (QED) is 0.222. The molecule has 10 heteroatoms. The predicted molar refractivity (Wildman–Crippen MR) is 186 cm³/mol. The highest BCUT2D eigenvalue weighted by Gasteiger charge is 2.51. The molecule has 2 aliphatic rings. The van der Waals surface area contributed by atoms with Crippen molar-refractivity contribution in [1.29, 1.82) is 0 Å². The zero-order chi connectivity index (χ0) is 33.7. The lowest BCUT2D eigenvalue weighted by atomic mass is 9.62. The van der Waals surface area contributed by atoms with E-state index in [2.05, 4.69) is 11.8 Å². The maximum Gasteiger partial charge on any atom is 0.254 e. The number of benzene rings is 3. The third-order valence-corrected chi connectivity index (χ3v) is 10.5. The van der Waals surface area contributed by atoms with Crippen LogP contribution in [0.1, 0.15) is 67.9 Å². The number of hydrogen-bond acceptors (Lipinski definition) is 6. The average Bonchev–Trinajstić information content (AvgIpc) is 3.57. The Morgan fingerprint density at radius 1 is 0.894 bits per heavy atom. The Labute approximate surface area is 288 Å². The van der Waals surface area contributed by atoms with Crippen molar-refractivity contribution in [3.05, 3.63) is 87.4 Å². The van der Waals surface area contributed by atoms with E-state index >= 15 is 0 Å². The lowest BCUT2D eigenvalue weighted by Crippen LogP contribution is -2.57. The van der Waals surface area contributed by atoms with E-state index in [9.17, 15) is 9.59 Å². The first kappa shape index (κ1) is 34.9. The number of piperidine rings is 1. The number of halogens is 2. The summed E-state index contributed by atoms with van der Waals surface area (Å²) in [6.07, 6.45) is 1.43. The molecule has 3 aromatic carbocycles. The second-order valence-electron chi connectivity index (χ2n) is 12.3. The Bertz CT molecular complexity index is 1540. The predicted octanol–water partition coefficient (Wildman–Crippen LogP) is 6.95. The highest BCUT2D eigenvalue weighted by atomic mass is 35.5. The molecule has 0 spiro atoms. The normalized spacial score (nSPS) is 22.1. The van der Waals surface area contributed by atoms with Gasteiger partial charge < -0.3 is 24.8 Å². The molecule has 0 saturated carbocycles. The van der Waals surface area contributed by atoms with Gasteiger partial charge in [-0.25, -0.2) is 0 Å². The molecule has 4 atom stereocenters. The van der Waals surface area contributed by atoms with E-state index in [4.69, 9.17) is 43.1 Å². The third kappa shape index (κ3) is 7.06. The molecule has 47 heavy (non-hydrogen) atoms. The van der Waals surface area contributed by atoms with Crippen molar-refractivity contribution in [3.8, 4) is 17.2 Å². The highest BCUT2D eigenvalue weighted by molar-refractivity contribution is 6.42. The van der Waals surface area contributed by atoms with Gasteiger partial charge in [0.05, 0.1) is 35.3 Å². The van der Waals surface area contributed by atoms with Crippen LogP contribution >= 0.6 is 23.2 Å². The van der Waals surface area contributed by atoms with Crippen LogP contribution in [-0.4, -0.2) is 73.7 Å². The third-order valence-electron chi connectivity index (χ3n) is 9.81. The van der Waals surface area contributed by atoms with Crippen molar-refractivity contribution >= 4 is 35.0 Å². The van der Waals surface area contributed by atoms with Gasteiger partial charge in [0.15, 0.2) is 11.5 Å². The van der Waals surface area contributed by atoms with Crippen LogP contribution in [0.4, 0.5) is 0 Å². The first-order valence-corrected chi connectivity index (χ1v) is 17.3. The molecular weight excluding hydrogens is 637 g/mol. The minimum Gasteiger partial charge on any atom is -0.490 e. The Morgan fingerprint density at radius 3 is 2.15 bits per heavy atom. The number of likely N-dealkylation sites (tertiary alicyclic amines) is 2. The van der Waals surface area contributed by atoms with E-state index in [1.165, 1.54) is 0 Å². The van der Waals surface area contributed by atoms with Gasteiger partial charge in [0.1, 0.15) is 0 Å². The summed E-state index contributed by atoms with van der Waals surface area (Å²) in [5.41, 5.74) is 7.72. The highest BCUT2D eigenvalue weighted by Crippen LogP contribution is 2.47. The molecular formula is C37H45Cl2N3O5. The Kier molecular flexibility index (Phi) is 11.3. The van der Waals surface area contributed by atoms with E-state index in [1.807, 2.05) is 68.1 Å². The molecule has 0 aliphatic carbocycles. The van der Waals surface area contributed by atoms with Crippen molar-refractivity contribution in [2.24, 2.45) is 11.7 Å². The van der Waals surface area contributed by atoms with Gasteiger partial charge >= 0.3 is 0 Å². The molecule has 4 unspecified atom stereocenters. The molecule has 2 heterocycles. The number of nitrogens with zero attached hydrogens (tertiary/aromatic N) is 2. The smallest absolute Gasteiger partial charge is 0.254 e. The van der Waals surface area contributed by atoms with Gasteiger partial charge in [-0.1, -0.05) is 59.6 Å². The van der Waals surface area contributed by atoms with E-state index in [0.29, 0.717) is 85.3 Å². The lowest BCUT2D eigenvalue weighted by Gasteiger charge is -2.49. The number of rotatable bonds is 12. The molecule has 2 aliphatic heterocycles. The van der Waals surface area contributed by atoms with Gasteiger partial charge in [0.25, 0.3) is 5.91 Å². The number of hydrogen-bond donors (Lipinski definition) is 1. The number of ether oxygens (including phenoxy) is 3. The summed E-state index contributed by atoms with van der Waals surface area (Å²) < 4.78 is 17.6. The summed E-state index contributed by atoms with van der Waals surface area (Å²) in [7, 11) is 0. The zero-order valence-electron chi connectivity index (χ0n) is 27.6. The largest absolute Gasteiger partial charge is 0.490 e. The van der Waals surface area contributed by atoms with Crippen LogP contribution in [0.3, 0.4) is 0 Å². The van der Waals surface area contributed by atoms with Crippen molar-refractivity contribution in [3.63, 3.8) is 0 Å². The van der Waals surface area contributed by atoms with E-state index < -0.39 is 5.41 Å². The standard InChI is InChI=1S/C37H45Cl2N3O5/c1-5-45-32-20-27(21-33(46-6-2)34(32)47-7-3)35(43)42-17-15-26(22-42)24(4)41-18-16-37(36(40)44,28-11-9-8-10-12-28)29(23-41)25-13-14-30(38)31(39)19-25/h8-14,19-21,24,26,29H,5-7,15-18,22-23H2,1-4H3,(H2,40,44). The first-order chi connectivity index (χ1) is 22.6. The van der Waals surface area contributed by atoms with Gasteiger partial charge in [-0.05, 0) is 88.4 Å². The topological polar surface area (TPSA) is 94.3 Å². The van der Waals surface area contributed by atoms with Crippen LogP contribution in [0.5, 0.6) is 17.2 Å². The lowest BCUT2D eigenvalue weighted by molar-refractivity contribution is -0.126. The molecule has 2 amide bonds. The number of carbonyl (C=O) groups is 2. The van der Waals surface area contributed by atoms with Crippen molar-refractivity contribution < 1.29 is 23.8 Å². The molecule has 2 fully saturated rings. The van der Waals surface area contributed by atoms with Gasteiger partial charge in [0, 0.05) is 37.2 Å². The van der Waals surface area contributed by atoms with Crippen LogP contribution in [0.15, 0.2) is 60.7 Å². The Hall–Kier alpha value is -3.46. The van der Waals surface area contributed by atoms with Crippen molar-refractivity contribution in [2.75, 3.05) is 46.0 Å². The van der Waals surface area contributed by atoms with Crippen LogP contribution in [0, 0.1) is 5.92 Å². The van der Waals surface area contributed by atoms with E-state index in [1.54, 1.807) is 18.2 Å². The first-order valence-electron chi connectivity index (χ1n) is 16.5. The molecule has 0 radical (unpaired) electrons. The number of nitrogens with two attached hydrogens (primary N) is 1. The molecule has 3 aromatic rings. The van der Waals surface area contributed by atoms with Crippen LogP contribution < -0.4 is 19.9 Å². The second kappa shape index (κ2) is 15.2. The van der Waals surface area contributed by atoms with Crippen LogP contribution in [0.2, 0.25) is 10.0 Å². The molecule has 0 bridgehead atoms. The van der Waals surface area contributed by atoms with Crippen LogP contribution in [0.25, 0.3) is 0 Å². The minimum atomic E-state index is -0.906. The number of carbonyl (C=O) groups excluding carboxylic acids is 2. The number of primary amides is 1. The second-order valence-corrected chi connectivity index (χ2v) is 13.1. The molecule has 8 nitrogen and oxygen atoms in total. The van der Waals surface area contributed by atoms with Gasteiger partial charge in [0.2, 0.25) is 11.7 Å². The molecule has 2 N–H and O–H groups in total. The Balaban J connectivity index is 1.38. The maximum atomic E-state index is 13.9. The summed E-state index contributed by atoms with van der Waals surface area (Å²) >= 11 is 12.8. The van der Waals surface area contributed by atoms with Gasteiger partial charge in [-0.3, -0.25) is 14.5 Å². The average molecular weight is 683 g/mol. The van der Waals surface area contributed by atoms with Gasteiger partial charge in [-0.2, -0.15) is 0 Å². The number of amides is 2. The van der Waals surface area contributed by atoms with E-state index in [-0.39, 0.29) is 29.7 Å². The summed E-state index contributed by atoms with van der Waals surface area (Å²) in [5, 5.41) is 0.908. The SMILES string of the molecule is CCOc1cc(C(=O)N2CCC(C(C)N3CCC(C(N)=O)(c4ccccc4)C(c4ccc(Cl)c(Cl)c4)C3)C2)cc(OCC)c1OCC. The van der Waals surface area contributed by atoms with Crippen LogP contribution in [-0.2, 0) is 10.2 Å². The maximum absolute atomic E-state index is 13.9. The van der Waals surface area contributed by atoms with Crippen molar-refractivity contribution in [2.45, 2.75) is 57.9 Å². The fraction of sp³-hybridized carbons (Fsp3) is 0.459. The fourth-order valence-corrected chi connectivity index (χ4v) is 7.65. The molecule has 0 aromatic heterocycles. The fourth-order valence-electron chi connectivity index (χ4n) is 7.34. The molecule has 5 rings (SSSR count). The monoisotopic (exact) mass is 681 g/mol. The summed E-state index contributed by atoms with van der Waals surface area (Å²) in [6.45, 7) is 11.8. The minimum absolute atomic E-state index is 0.0613. The Morgan fingerprint density at radius 2 is 1.55 bits per heavy atom. The van der Waals surface area contributed by atoms with E-state index in [0.717, 1.165) is 17.5 Å². The van der Waals surface area contributed by atoms with Crippen molar-refractivity contribution in [1.82, 2.24) is 9.80 Å². The summed E-state index contributed by atoms with van der Waals surface area (Å²) in [6, 6.07) is 19.1. The van der Waals surface area contributed by atoms with Gasteiger partial charge in [-0.15, -0.1) is 0 Å². The summed E-state index contributed by atoms with van der Waals surface area (Å²) in [4.78, 5) is 31.7.